The van der Waals surface area contributed by atoms with Crippen LogP contribution in [0, 0.1) is 0 Å². The third-order valence-corrected chi connectivity index (χ3v) is 3.60. The average molecular weight is 262 g/mol. The molecule has 0 amide bonds. The van der Waals surface area contributed by atoms with Crippen molar-refractivity contribution in [3.63, 3.8) is 0 Å². The van der Waals surface area contributed by atoms with E-state index in [1.54, 1.807) is 14.2 Å². The topological polar surface area (TPSA) is 26.6 Å². The van der Waals surface area contributed by atoms with E-state index in [2.05, 4.69) is 42.7 Å². The molecule has 0 fully saturated rings. The lowest BCUT2D eigenvalue weighted by Gasteiger charge is -2.21. The fourth-order valence-corrected chi connectivity index (χ4v) is 2.16. The van der Waals surface area contributed by atoms with Crippen molar-refractivity contribution in [3.8, 4) is 11.5 Å². The third-order valence-electron chi connectivity index (χ3n) is 3.60. The Bertz CT molecular complexity index is 561. The van der Waals surface area contributed by atoms with Crippen LogP contribution in [0.4, 0.5) is 0 Å². The van der Waals surface area contributed by atoms with Crippen LogP contribution in [0.25, 0.3) is 10.9 Å². The highest BCUT2D eigenvalue weighted by Crippen LogP contribution is 2.32. The van der Waals surface area contributed by atoms with E-state index in [1.165, 1.54) is 0 Å². The van der Waals surface area contributed by atoms with E-state index in [9.17, 15) is 0 Å². The maximum Gasteiger partial charge on any atom is 0.146 e. The van der Waals surface area contributed by atoms with Crippen LogP contribution in [0.3, 0.4) is 0 Å². The molecule has 0 bridgehead atoms. The molecule has 0 spiro atoms. The molecule has 4 heteroatoms. The molecule has 0 radical (unpaired) electrons. The number of aromatic nitrogens is 1. The van der Waals surface area contributed by atoms with E-state index in [1.807, 2.05) is 12.1 Å². The van der Waals surface area contributed by atoms with Gasteiger partial charge in [0.1, 0.15) is 11.5 Å². The van der Waals surface area contributed by atoms with Gasteiger partial charge in [0.2, 0.25) is 0 Å². The Balaban J connectivity index is 2.46. The maximum absolute atomic E-state index is 5.50. The summed E-state index contributed by atoms with van der Waals surface area (Å²) in [6.07, 6.45) is 2.10. The molecule has 1 atom stereocenters. The molecular formula is C15H22N2O2. The average Bonchev–Trinajstić information content (AvgIpc) is 2.80. The summed E-state index contributed by atoms with van der Waals surface area (Å²) < 4.78 is 13.0. The minimum Gasteiger partial charge on any atom is -0.497 e. The lowest BCUT2D eigenvalue weighted by molar-refractivity contribution is 0.285. The van der Waals surface area contributed by atoms with Gasteiger partial charge in [-0.1, -0.05) is 0 Å². The van der Waals surface area contributed by atoms with Gasteiger partial charge >= 0.3 is 0 Å². The minimum atomic E-state index is 0.461. The van der Waals surface area contributed by atoms with Crippen molar-refractivity contribution < 1.29 is 9.47 Å². The zero-order valence-corrected chi connectivity index (χ0v) is 12.3. The Morgan fingerprint density at radius 3 is 2.53 bits per heavy atom. The van der Waals surface area contributed by atoms with Crippen molar-refractivity contribution in [3.05, 3.63) is 24.4 Å². The second-order valence-electron chi connectivity index (χ2n) is 5.05. The first kappa shape index (κ1) is 13.7. The molecule has 19 heavy (non-hydrogen) atoms. The molecule has 0 aliphatic heterocycles. The summed E-state index contributed by atoms with van der Waals surface area (Å²) in [7, 11) is 7.56. The zero-order chi connectivity index (χ0) is 14.0. The predicted molar refractivity (Wildman–Crippen MR) is 78.2 cm³/mol. The Morgan fingerprint density at radius 2 is 1.95 bits per heavy atom. The van der Waals surface area contributed by atoms with Gasteiger partial charge in [0, 0.05) is 30.2 Å². The molecule has 1 aromatic carbocycles. The first-order valence-corrected chi connectivity index (χ1v) is 6.44. The second-order valence-corrected chi connectivity index (χ2v) is 5.05. The molecular weight excluding hydrogens is 240 g/mol. The quantitative estimate of drug-likeness (QED) is 0.828. The van der Waals surface area contributed by atoms with E-state index in [4.69, 9.17) is 9.47 Å². The molecule has 0 saturated carbocycles. The van der Waals surface area contributed by atoms with E-state index < -0.39 is 0 Å². The summed E-state index contributed by atoms with van der Waals surface area (Å²) in [5.74, 6) is 1.67. The Hall–Kier alpha value is -1.68. The molecule has 2 rings (SSSR count). The highest BCUT2D eigenvalue weighted by atomic mass is 16.5. The number of hydrogen-bond acceptors (Lipinski definition) is 3. The van der Waals surface area contributed by atoms with Gasteiger partial charge in [0.15, 0.2) is 0 Å². The van der Waals surface area contributed by atoms with Crippen molar-refractivity contribution in [1.29, 1.82) is 0 Å². The number of rotatable bonds is 5. The summed E-state index contributed by atoms with van der Waals surface area (Å²) in [4.78, 5) is 2.21. The monoisotopic (exact) mass is 262 g/mol. The second kappa shape index (κ2) is 5.53. The van der Waals surface area contributed by atoms with Gasteiger partial charge in [-0.2, -0.15) is 0 Å². The number of nitrogens with zero attached hydrogens (tertiary/aromatic N) is 2. The van der Waals surface area contributed by atoms with E-state index >= 15 is 0 Å². The molecule has 1 aromatic heterocycles. The molecule has 0 aliphatic rings. The van der Waals surface area contributed by atoms with Gasteiger partial charge in [0.25, 0.3) is 0 Å². The van der Waals surface area contributed by atoms with Gasteiger partial charge in [-0.25, -0.2) is 0 Å². The van der Waals surface area contributed by atoms with Crippen LogP contribution in [-0.4, -0.2) is 43.8 Å². The number of ether oxygens (including phenoxy) is 2. The highest BCUT2D eigenvalue weighted by Gasteiger charge is 2.13. The number of hydrogen-bond donors (Lipinski definition) is 0. The number of benzene rings is 1. The SMILES string of the molecule is COc1cc(OC)c2c(ccn2C[C@@H](C)N(C)C)c1. The molecule has 1 heterocycles. The first-order chi connectivity index (χ1) is 9.06. The normalized spacial score (nSPS) is 12.9. The van der Waals surface area contributed by atoms with Crippen LogP contribution in [-0.2, 0) is 6.54 Å². The Kier molecular flexibility index (Phi) is 4.00. The summed E-state index contributed by atoms with van der Waals surface area (Å²) in [5.41, 5.74) is 1.12. The summed E-state index contributed by atoms with van der Waals surface area (Å²) >= 11 is 0. The van der Waals surface area contributed by atoms with E-state index in [0.717, 1.165) is 28.9 Å². The van der Waals surface area contributed by atoms with Crippen LogP contribution < -0.4 is 9.47 Å². The predicted octanol–water partition coefficient (Wildman–Crippen LogP) is 2.61. The minimum absolute atomic E-state index is 0.461. The molecule has 0 saturated heterocycles. The van der Waals surface area contributed by atoms with Crippen molar-refractivity contribution >= 4 is 10.9 Å². The Morgan fingerprint density at radius 1 is 1.21 bits per heavy atom. The molecule has 0 aliphatic carbocycles. The zero-order valence-electron chi connectivity index (χ0n) is 12.3. The number of likely N-dealkylation sites (N-methyl/N-ethyl adjacent to an activating group) is 1. The number of methoxy groups -OCH3 is 2. The summed E-state index contributed by atoms with van der Waals surface area (Å²) in [5, 5.41) is 1.14. The van der Waals surface area contributed by atoms with Crippen LogP contribution in [0.5, 0.6) is 11.5 Å². The first-order valence-electron chi connectivity index (χ1n) is 6.44. The third kappa shape index (κ3) is 2.68. The lowest BCUT2D eigenvalue weighted by atomic mass is 10.2. The summed E-state index contributed by atoms with van der Waals surface area (Å²) in [6.45, 7) is 3.14. The molecule has 0 N–H and O–H groups in total. The fourth-order valence-electron chi connectivity index (χ4n) is 2.16. The van der Waals surface area contributed by atoms with Crippen molar-refractivity contribution in [2.75, 3.05) is 28.3 Å². The molecule has 4 nitrogen and oxygen atoms in total. The van der Waals surface area contributed by atoms with Crippen LogP contribution >= 0.6 is 0 Å². The van der Waals surface area contributed by atoms with Crippen LogP contribution in [0.15, 0.2) is 24.4 Å². The largest absolute Gasteiger partial charge is 0.497 e. The van der Waals surface area contributed by atoms with Crippen molar-refractivity contribution in [1.82, 2.24) is 9.47 Å². The van der Waals surface area contributed by atoms with Gasteiger partial charge in [-0.15, -0.1) is 0 Å². The summed E-state index contributed by atoms with van der Waals surface area (Å²) in [6, 6.07) is 6.53. The number of fused-ring (bicyclic) bond motifs is 1. The highest BCUT2D eigenvalue weighted by molar-refractivity contribution is 5.87. The van der Waals surface area contributed by atoms with Gasteiger partial charge in [-0.05, 0) is 33.2 Å². The van der Waals surface area contributed by atoms with Crippen molar-refractivity contribution in [2.24, 2.45) is 0 Å². The van der Waals surface area contributed by atoms with E-state index in [-0.39, 0.29) is 0 Å². The lowest BCUT2D eigenvalue weighted by Crippen LogP contribution is -2.28. The molecule has 104 valence electrons. The van der Waals surface area contributed by atoms with E-state index in [0.29, 0.717) is 6.04 Å². The fraction of sp³-hybridized carbons (Fsp3) is 0.467. The molecule has 2 aromatic rings. The smallest absolute Gasteiger partial charge is 0.146 e. The standard InChI is InChI=1S/C15H22N2O2/c1-11(16(2)3)10-17-7-6-12-8-13(18-4)9-14(19-5)15(12)17/h6-9,11H,10H2,1-5H3/t11-/m1/s1. The van der Waals surface area contributed by atoms with Gasteiger partial charge in [-0.3, -0.25) is 0 Å². The van der Waals surface area contributed by atoms with Crippen molar-refractivity contribution in [2.45, 2.75) is 19.5 Å². The van der Waals surface area contributed by atoms with Crippen LogP contribution in [0.2, 0.25) is 0 Å². The van der Waals surface area contributed by atoms with Gasteiger partial charge in [0.05, 0.1) is 19.7 Å². The maximum atomic E-state index is 5.50. The van der Waals surface area contributed by atoms with Gasteiger partial charge < -0.3 is 18.9 Å². The van der Waals surface area contributed by atoms with Crippen LogP contribution in [0.1, 0.15) is 6.92 Å². The Labute approximate surface area is 114 Å². The molecule has 0 unspecified atom stereocenters.